The summed E-state index contributed by atoms with van der Waals surface area (Å²) in [4.78, 5) is 29.6. The molecule has 0 heterocycles. The van der Waals surface area contributed by atoms with Crippen molar-refractivity contribution < 1.29 is 27.8 Å². The van der Waals surface area contributed by atoms with Gasteiger partial charge in [-0.25, -0.2) is 18.4 Å². The third-order valence-corrected chi connectivity index (χ3v) is 7.08. The first-order valence-corrected chi connectivity index (χ1v) is 16.7. The highest BCUT2D eigenvalue weighted by Crippen LogP contribution is 2.25. The van der Waals surface area contributed by atoms with E-state index in [4.69, 9.17) is 9.47 Å². The maximum absolute atomic E-state index is 15.1. The van der Waals surface area contributed by atoms with Gasteiger partial charge in [0.1, 0.15) is 47.6 Å². The van der Waals surface area contributed by atoms with Crippen LogP contribution in [0.25, 0.3) is 12.2 Å². The number of nitriles is 2. The lowest BCUT2D eigenvalue weighted by Gasteiger charge is -2.28. The molecule has 0 radical (unpaired) electrons. The lowest BCUT2D eigenvalue weighted by molar-refractivity contribution is -0.152. The molecule has 0 N–H and O–H groups in total. The van der Waals surface area contributed by atoms with E-state index in [1.807, 2.05) is 0 Å². The van der Waals surface area contributed by atoms with Gasteiger partial charge in [0.2, 0.25) is 0 Å². The van der Waals surface area contributed by atoms with Crippen molar-refractivity contribution in [3.05, 3.63) is 70.3 Å². The van der Waals surface area contributed by atoms with E-state index >= 15 is 8.78 Å². The normalized spacial score (nSPS) is 12.6. The standard InChI is InChI=1S/C39H50F2N4O4/c1-25(2)20-44(21-26(3)4)34-12-10-30(36(40)16-34)14-32(18-42)38(46)48-24-29(9)49-39(47)33(19-43)15-31-11-13-35(17-37(31)41)45(22-27(5)6)23-28(7)8/h10-17,25-29H,20-24H2,1-9H3/b32-14+,33-15+. The Bertz CT molecular complexity index is 1560. The van der Waals surface area contributed by atoms with Crippen LogP contribution in [0.5, 0.6) is 0 Å². The van der Waals surface area contributed by atoms with Crippen LogP contribution in [-0.4, -0.2) is 50.8 Å². The number of nitrogens with zero attached hydrogens (tertiary/aromatic N) is 4. The molecule has 0 spiro atoms. The number of esters is 2. The van der Waals surface area contributed by atoms with E-state index in [-0.39, 0.29) is 11.1 Å². The molecule has 0 aliphatic heterocycles. The number of hydrogen-bond acceptors (Lipinski definition) is 8. The molecule has 2 aromatic rings. The van der Waals surface area contributed by atoms with Gasteiger partial charge in [-0.15, -0.1) is 0 Å². The summed E-state index contributed by atoms with van der Waals surface area (Å²) >= 11 is 0. The van der Waals surface area contributed by atoms with Crippen LogP contribution in [0.1, 0.15) is 73.4 Å². The Kier molecular flexibility index (Phi) is 16.0. The minimum absolute atomic E-state index is 0.0435. The summed E-state index contributed by atoms with van der Waals surface area (Å²) < 4.78 is 40.6. The fourth-order valence-electron chi connectivity index (χ4n) is 5.13. The van der Waals surface area contributed by atoms with Crippen molar-refractivity contribution in [2.45, 2.75) is 68.4 Å². The van der Waals surface area contributed by atoms with E-state index in [9.17, 15) is 20.1 Å². The molecule has 2 aromatic carbocycles. The molecule has 0 bridgehead atoms. The Morgan fingerprint density at radius 1 is 0.673 bits per heavy atom. The highest BCUT2D eigenvalue weighted by atomic mass is 19.1. The molecule has 0 fully saturated rings. The van der Waals surface area contributed by atoms with Crippen molar-refractivity contribution in [2.24, 2.45) is 23.7 Å². The van der Waals surface area contributed by atoms with Gasteiger partial charge in [-0.1, -0.05) is 55.4 Å². The smallest absolute Gasteiger partial charge is 0.349 e. The van der Waals surface area contributed by atoms with Crippen molar-refractivity contribution in [3.8, 4) is 12.1 Å². The topological polar surface area (TPSA) is 107 Å². The SMILES string of the molecule is CC(C)CN(CC(C)C)c1ccc(/C=C(\C#N)C(=O)OCC(C)OC(=O)/C(C#N)=C/c2ccc(N(CC(C)C)CC(C)C)cc2F)c(F)c1. The first kappa shape index (κ1) is 40.5. The zero-order valence-corrected chi connectivity index (χ0v) is 30.2. The number of benzene rings is 2. The van der Waals surface area contributed by atoms with Gasteiger partial charge < -0.3 is 19.3 Å². The predicted octanol–water partition coefficient (Wildman–Crippen LogP) is 8.19. The molecule has 264 valence electrons. The summed E-state index contributed by atoms with van der Waals surface area (Å²) in [5.74, 6) is -1.78. The van der Waals surface area contributed by atoms with E-state index in [0.717, 1.165) is 38.3 Å². The van der Waals surface area contributed by atoms with Crippen molar-refractivity contribution in [3.63, 3.8) is 0 Å². The Morgan fingerprint density at radius 3 is 1.37 bits per heavy atom. The Morgan fingerprint density at radius 2 is 1.04 bits per heavy atom. The zero-order valence-electron chi connectivity index (χ0n) is 30.2. The third kappa shape index (κ3) is 13.4. The molecule has 0 amide bonds. The van der Waals surface area contributed by atoms with Crippen LogP contribution in [0, 0.1) is 58.0 Å². The van der Waals surface area contributed by atoms with Crippen molar-refractivity contribution >= 4 is 35.5 Å². The summed E-state index contributed by atoms with van der Waals surface area (Å²) in [6.45, 7) is 20.7. The summed E-state index contributed by atoms with van der Waals surface area (Å²) in [6.07, 6.45) is 1.20. The quantitative estimate of drug-likeness (QED) is 0.0938. The fourth-order valence-corrected chi connectivity index (χ4v) is 5.13. The maximum atomic E-state index is 15.1. The minimum Gasteiger partial charge on any atom is -0.458 e. The van der Waals surface area contributed by atoms with E-state index < -0.39 is 47.4 Å². The molecule has 1 atom stereocenters. The molecule has 0 aliphatic carbocycles. The fraction of sp³-hybridized carbons (Fsp3) is 0.487. The second-order valence-electron chi connectivity index (χ2n) is 14.0. The Balaban J connectivity index is 2.10. The summed E-state index contributed by atoms with van der Waals surface area (Å²) in [5, 5.41) is 19.2. The van der Waals surface area contributed by atoms with Crippen molar-refractivity contribution in [2.75, 3.05) is 42.6 Å². The second kappa shape index (κ2) is 19.3. The third-order valence-electron chi connectivity index (χ3n) is 7.08. The number of ether oxygens (including phenoxy) is 2. The van der Waals surface area contributed by atoms with E-state index in [0.29, 0.717) is 35.0 Å². The lowest BCUT2D eigenvalue weighted by atomic mass is 10.1. The summed E-state index contributed by atoms with van der Waals surface area (Å²) in [5.41, 5.74) is 0.610. The van der Waals surface area contributed by atoms with Crippen LogP contribution < -0.4 is 9.80 Å². The van der Waals surface area contributed by atoms with Crippen molar-refractivity contribution in [1.29, 1.82) is 10.5 Å². The average Bonchev–Trinajstić information content (AvgIpc) is 3.00. The number of rotatable bonds is 17. The van der Waals surface area contributed by atoms with Gasteiger partial charge in [0.25, 0.3) is 0 Å². The van der Waals surface area contributed by atoms with Crippen LogP contribution in [0.4, 0.5) is 20.2 Å². The van der Waals surface area contributed by atoms with Gasteiger partial charge in [0, 0.05) is 48.7 Å². The molecule has 2 rings (SSSR count). The first-order valence-electron chi connectivity index (χ1n) is 16.7. The monoisotopic (exact) mass is 676 g/mol. The number of halogens is 2. The van der Waals surface area contributed by atoms with E-state index in [2.05, 4.69) is 65.2 Å². The van der Waals surface area contributed by atoms with E-state index in [1.165, 1.54) is 31.2 Å². The highest BCUT2D eigenvalue weighted by Gasteiger charge is 2.20. The number of hydrogen-bond donors (Lipinski definition) is 0. The molecule has 0 saturated heterocycles. The number of carbonyl (C=O) groups is 2. The van der Waals surface area contributed by atoms with Crippen LogP contribution in [-0.2, 0) is 19.1 Å². The van der Waals surface area contributed by atoms with Crippen LogP contribution in [0.2, 0.25) is 0 Å². The van der Waals surface area contributed by atoms with E-state index in [1.54, 1.807) is 24.3 Å². The maximum Gasteiger partial charge on any atom is 0.349 e. The molecule has 0 saturated carbocycles. The van der Waals surface area contributed by atoms with Crippen LogP contribution in [0.3, 0.4) is 0 Å². The highest BCUT2D eigenvalue weighted by molar-refractivity contribution is 5.99. The molecule has 8 nitrogen and oxygen atoms in total. The number of carbonyl (C=O) groups excluding carboxylic acids is 2. The molecule has 49 heavy (non-hydrogen) atoms. The summed E-state index contributed by atoms with van der Waals surface area (Å²) in [6, 6.07) is 12.7. The average molecular weight is 677 g/mol. The molecular formula is C39H50F2N4O4. The zero-order chi connectivity index (χ0) is 36.8. The van der Waals surface area contributed by atoms with Crippen molar-refractivity contribution in [1.82, 2.24) is 0 Å². The Hall–Kier alpha value is -4.70. The van der Waals surface area contributed by atoms with Gasteiger partial charge in [0.15, 0.2) is 0 Å². The molecule has 10 heteroatoms. The van der Waals surface area contributed by atoms with Gasteiger partial charge in [0.05, 0.1) is 0 Å². The van der Waals surface area contributed by atoms with Gasteiger partial charge in [-0.3, -0.25) is 0 Å². The van der Waals surface area contributed by atoms with Gasteiger partial charge in [-0.05, 0) is 79.1 Å². The lowest BCUT2D eigenvalue weighted by Crippen LogP contribution is -2.31. The van der Waals surface area contributed by atoms with Gasteiger partial charge >= 0.3 is 11.9 Å². The Labute approximate surface area is 290 Å². The second-order valence-corrected chi connectivity index (χ2v) is 14.0. The first-order chi connectivity index (χ1) is 23.0. The molecule has 0 aliphatic rings. The molecular weight excluding hydrogens is 626 g/mol. The summed E-state index contributed by atoms with van der Waals surface area (Å²) in [7, 11) is 0. The van der Waals surface area contributed by atoms with Crippen LogP contribution in [0.15, 0.2) is 47.5 Å². The predicted molar refractivity (Wildman–Crippen MR) is 190 cm³/mol. The minimum atomic E-state index is -1.03. The molecule has 0 aromatic heterocycles. The number of anilines is 2. The largest absolute Gasteiger partial charge is 0.458 e. The van der Waals surface area contributed by atoms with Crippen LogP contribution >= 0.6 is 0 Å². The van der Waals surface area contributed by atoms with Gasteiger partial charge in [-0.2, -0.15) is 10.5 Å². The molecule has 1 unspecified atom stereocenters.